The van der Waals surface area contributed by atoms with Gasteiger partial charge in [0.15, 0.2) is 0 Å². The highest BCUT2D eigenvalue weighted by molar-refractivity contribution is 7.16. The first-order valence-electron chi connectivity index (χ1n) is 8.16. The predicted octanol–water partition coefficient (Wildman–Crippen LogP) is 2.68. The number of hydrogen-bond donors (Lipinski definition) is 1. The highest BCUT2D eigenvalue weighted by Gasteiger charge is 2.07. The van der Waals surface area contributed by atoms with Crippen LogP contribution < -0.4 is 10.9 Å². The number of aromatic nitrogens is 3. The maximum Gasteiger partial charge on any atom is 0.262 e. The smallest absolute Gasteiger partial charge is 0.262 e. The molecule has 0 unspecified atom stereocenters. The summed E-state index contributed by atoms with van der Waals surface area (Å²) in [4.78, 5) is 29.6. The molecule has 0 aliphatic rings. The third kappa shape index (κ3) is 3.16. The lowest BCUT2D eigenvalue weighted by molar-refractivity contribution is 0.0952. The molecular weight excluding hydrogens is 348 g/mol. The van der Waals surface area contributed by atoms with Gasteiger partial charge in [-0.25, -0.2) is 4.98 Å². The van der Waals surface area contributed by atoms with Crippen LogP contribution in [0.4, 0.5) is 0 Å². The van der Waals surface area contributed by atoms with Gasteiger partial charge in [0.05, 0.1) is 11.7 Å². The average Bonchev–Trinajstić information content (AvgIpc) is 3.35. The zero-order valence-corrected chi connectivity index (χ0v) is 14.6. The third-order valence-electron chi connectivity index (χ3n) is 4.12. The van der Waals surface area contributed by atoms with E-state index in [2.05, 4.69) is 10.3 Å². The van der Waals surface area contributed by atoms with E-state index in [1.54, 1.807) is 18.2 Å². The molecule has 0 spiro atoms. The maximum absolute atomic E-state index is 12.3. The Balaban J connectivity index is 1.39. The Bertz CT molecular complexity index is 1090. The number of hydrogen-bond acceptors (Lipinski definition) is 4. The molecule has 0 aliphatic carbocycles. The number of benzene rings is 1. The summed E-state index contributed by atoms with van der Waals surface area (Å²) in [5.74, 6) is -0.165. The zero-order chi connectivity index (χ0) is 17.9. The van der Waals surface area contributed by atoms with Crippen LogP contribution in [0.2, 0.25) is 0 Å². The molecule has 1 aromatic carbocycles. The topological polar surface area (TPSA) is 68.9 Å². The van der Waals surface area contributed by atoms with E-state index in [-0.39, 0.29) is 11.5 Å². The van der Waals surface area contributed by atoms with Crippen molar-refractivity contribution >= 4 is 27.5 Å². The van der Waals surface area contributed by atoms with Crippen molar-refractivity contribution in [3.05, 3.63) is 82.5 Å². The van der Waals surface area contributed by atoms with Gasteiger partial charge in [0.1, 0.15) is 4.83 Å². The molecule has 0 bridgehead atoms. The molecule has 26 heavy (non-hydrogen) atoms. The molecule has 4 aromatic rings. The second-order valence-corrected chi connectivity index (χ2v) is 6.67. The van der Waals surface area contributed by atoms with Crippen LogP contribution in [0.25, 0.3) is 15.9 Å². The summed E-state index contributed by atoms with van der Waals surface area (Å²) in [6.07, 6.45) is 5.43. The van der Waals surface area contributed by atoms with Crippen molar-refractivity contribution in [2.75, 3.05) is 6.54 Å². The van der Waals surface area contributed by atoms with E-state index in [1.165, 1.54) is 22.2 Å². The van der Waals surface area contributed by atoms with Crippen molar-refractivity contribution in [3.8, 4) is 5.69 Å². The molecule has 0 saturated carbocycles. The minimum atomic E-state index is -0.165. The van der Waals surface area contributed by atoms with E-state index < -0.39 is 0 Å². The first kappa shape index (κ1) is 16.3. The molecular formula is C19H16N4O2S. The molecule has 3 aromatic heterocycles. The molecule has 4 rings (SSSR count). The summed E-state index contributed by atoms with van der Waals surface area (Å²) in [6, 6.07) is 13.0. The Morgan fingerprint density at radius 2 is 1.88 bits per heavy atom. The number of fused-ring (bicyclic) bond motifs is 1. The molecule has 0 saturated heterocycles. The number of amides is 1. The van der Waals surface area contributed by atoms with Crippen LogP contribution in [0, 0.1) is 0 Å². The Hall–Kier alpha value is -3.19. The second-order valence-electron chi connectivity index (χ2n) is 5.78. The fraction of sp³-hybridized carbons (Fsp3) is 0.105. The number of carbonyl (C=O) groups excluding carboxylic acids is 1. The lowest BCUT2D eigenvalue weighted by atomic mass is 10.2. The summed E-state index contributed by atoms with van der Waals surface area (Å²) >= 11 is 1.44. The van der Waals surface area contributed by atoms with Gasteiger partial charge in [0, 0.05) is 36.7 Å². The minimum Gasteiger partial charge on any atom is -0.350 e. The second kappa shape index (κ2) is 6.97. The summed E-state index contributed by atoms with van der Waals surface area (Å²) in [5.41, 5.74) is 1.49. The molecule has 1 N–H and O–H groups in total. The van der Waals surface area contributed by atoms with Gasteiger partial charge in [0.2, 0.25) is 0 Å². The SMILES string of the molecule is O=C(NCCn1cnc2sccc2c1=O)c1ccc(-n2cccc2)cc1. The Kier molecular flexibility index (Phi) is 4.37. The van der Waals surface area contributed by atoms with E-state index >= 15 is 0 Å². The Labute approximate surface area is 153 Å². The fourth-order valence-electron chi connectivity index (χ4n) is 2.74. The number of nitrogens with zero attached hydrogens (tertiary/aromatic N) is 3. The highest BCUT2D eigenvalue weighted by atomic mass is 32.1. The van der Waals surface area contributed by atoms with Crippen LogP contribution >= 0.6 is 11.3 Å². The van der Waals surface area contributed by atoms with E-state index in [1.807, 2.05) is 46.6 Å². The molecule has 1 amide bonds. The predicted molar refractivity (Wildman–Crippen MR) is 102 cm³/mol. The zero-order valence-electron chi connectivity index (χ0n) is 13.8. The van der Waals surface area contributed by atoms with E-state index in [0.717, 1.165) is 10.5 Å². The van der Waals surface area contributed by atoms with Crippen LogP contribution in [0.1, 0.15) is 10.4 Å². The third-order valence-corrected chi connectivity index (χ3v) is 4.94. The molecule has 0 atom stereocenters. The van der Waals surface area contributed by atoms with Crippen molar-refractivity contribution in [2.45, 2.75) is 6.54 Å². The van der Waals surface area contributed by atoms with Crippen molar-refractivity contribution in [3.63, 3.8) is 0 Å². The molecule has 0 aliphatic heterocycles. The number of carbonyl (C=O) groups is 1. The van der Waals surface area contributed by atoms with Gasteiger partial charge in [-0.05, 0) is 47.8 Å². The Morgan fingerprint density at radius 1 is 1.12 bits per heavy atom. The first-order chi connectivity index (χ1) is 12.7. The van der Waals surface area contributed by atoms with Crippen LogP contribution in [0.5, 0.6) is 0 Å². The normalized spacial score (nSPS) is 10.9. The largest absolute Gasteiger partial charge is 0.350 e. The molecule has 0 fully saturated rings. The minimum absolute atomic E-state index is 0.0819. The highest BCUT2D eigenvalue weighted by Crippen LogP contribution is 2.13. The first-order valence-corrected chi connectivity index (χ1v) is 9.04. The number of rotatable bonds is 5. The average molecular weight is 364 g/mol. The standard InChI is InChI=1S/C19H16N4O2S/c24-17(14-3-5-15(6-4-14)22-9-1-2-10-22)20-8-11-23-13-21-18-16(19(23)25)7-12-26-18/h1-7,9-10,12-13H,8,11H2,(H,20,24). The molecule has 6 nitrogen and oxygen atoms in total. The van der Waals surface area contributed by atoms with E-state index in [4.69, 9.17) is 0 Å². The van der Waals surface area contributed by atoms with Crippen molar-refractivity contribution in [1.82, 2.24) is 19.4 Å². The number of thiophene rings is 1. The van der Waals surface area contributed by atoms with Gasteiger partial charge in [-0.2, -0.15) is 0 Å². The lowest BCUT2D eigenvalue weighted by Gasteiger charge is -2.08. The summed E-state index contributed by atoms with van der Waals surface area (Å²) < 4.78 is 3.49. The van der Waals surface area contributed by atoms with Gasteiger partial charge in [-0.15, -0.1) is 11.3 Å². The van der Waals surface area contributed by atoms with Gasteiger partial charge >= 0.3 is 0 Å². The van der Waals surface area contributed by atoms with E-state index in [0.29, 0.717) is 24.0 Å². The van der Waals surface area contributed by atoms with Crippen LogP contribution in [0.3, 0.4) is 0 Å². The van der Waals surface area contributed by atoms with E-state index in [9.17, 15) is 9.59 Å². The molecule has 3 heterocycles. The summed E-state index contributed by atoms with van der Waals surface area (Å²) in [7, 11) is 0. The lowest BCUT2D eigenvalue weighted by Crippen LogP contribution is -2.30. The van der Waals surface area contributed by atoms with Gasteiger partial charge in [-0.3, -0.25) is 14.2 Å². The molecule has 0 radical (unpaired) electrons. The fourth-order valence-corrected chi connectivity index (χ4v) is 3.46. The quantitative estimate of drug-likeness (QED) is 0.592. The molecule has 130 valence electrons. The van der Waals surface area contributed by atoms with Crippen LogP contribution in [-0.2, 0) is 6.54 Å². The maximum atomic E-state index is 12.3. The van der Waals surface area contributed by atoms with Crippen molar-refractivity contribution in [2.24, 2.45) is 0 Å². The van der Waals surface area contributed by atoms with Gasteiger partial charge in [0.25, 0.3) is 11.5 Å². The monoisotopic (exact) mass is 364 g/mol. The number of nitrogens with one attached hydrogen (secondary N) is 1. The van der Waals surface area contributed by atoms with Gasteiger partial charge < -0.3 is 9.88 Å². The van der Waals surface area contributed by atoms with Gasteiger partial charge in [-0.1, -0.05) is 0 Å². The van der Waals surface area contributed by atoms with Crippen molar-refractivity contribution in [1.29, 1.82) is 0 Å². The summed E-state index contributed by atoms with van der Waals surface area (Å²) in [6.45, 7) is 0.736. The Morgan fingerprint density at radius 3 is 2.65 bits per heavy atom. The van der Waals surface area contributed by atoms with Crippen LogP contribution in [0.15, 0.2) is 71.4 Å². The summed E-state index contributed by atoms with van der Waals surface area (Å²) in [5, 5.41) is 5.31. The molecule has 7 heteroatoms. The van der Waals surface area contributed by atoms with Crippen molar-refractivity contribution < 1.29 is 4.79 Å². The van der Waals surface area contributed by atoms with Crippen LogP contribution in [-0.4, -0.2) is 26.6 Å².